The van der Waals surface area contributed by atoms with Gasteiger partial charge in [-0.3, -0.25) is 10.1 Å². The van der Waals surface area contributed by atoms with E-state index in [0.717, 1.165) is 0 Å². The lowest BCUT2D eigenvalue weighted by Gasteiger charge is -2.11. The molecule has 18 heavy (non-hydrogen) atoms. The fraction of sp³-hybridized carbons (Fsp3) is 0.500. The van der Waals surface area contributed by atoms with Crippen LogP contribution >= 0.6 is 0 Å². The second-order valence-corrected chi connectivity index (χ2v) is 3.60. The Kier molecular flexibility index (Phi) is 5.28. The highest BCUT2D eigenvalue weighted by Crippen LogP contribution is 2.20. The summed E-state index contributed by atoms with van der Waals surface area (Å²) in [6.45, 7) is 2.12. The van der Waals surface area contributed by atoms with Crippen LogP contribution < -0.4 is 10.6 Å². The number of aromatic nitrogens is 1. The van der Waals surface area contributed by atoms with Crippen LogP contribution in [0.2, 0.25) is 0 Å². The first kappa shape index (κ1) is 14.1. The van der Waals surface area contributed by atoms with E-state index in [2.05, 4.69) is 15.6 Å². The summed E-state index contributed by atoms with van der Waals surface area (Å²) in [5.41, 5.74) is -0.0954. The third-order valence-electron chi connectivity index (χ3n) is 2.11. The van der Waals surface area contributed by atoms with Crippen molar-refractivity contribution in [1.82, 2.24) is 4.98 Å². The molecule has 0 amide bonds. The summed E-state index contributed by atoms with van der Waals surface area (Å²) in [7, 11) is 0. The van der Waals surface area contributed by atoms with Gasteiger partial charge in [0.25, 0.3) is 5.69 Å². The number of anilines is 2. The summed E-state index contributed by atoms with van der Waals surface area (Å²) in [6.07, 6.45) is -0.936. The van der Waals surface area contributed by atoms with E-state index in [1.807, 2.05) is 6.92 Å². The molecule has 0 aliphatic carbocycles. The standard InChI is InChI=1S/C10H16N4O4/c1-2-11-9-3-7(14(17)18)4-10(13-9)12-5-8(16)6-15/h3-4,8,15-16H,2,5-6H2,1H3,(H2,11,12,13). The molecule has 8 heteroatoms. The number of aliphatic hydroxyl groups is 2. The van der Waals surface area contributed by atoms with Crippen molar-refractivity contribution in [3.63, 3.8) is 0 Å². The van der Waals surface area contributed by atoms with Crippen molar-refractivity contribution in [3.05, 3.63) is 22.2 Å². The first-order chi connectivity index (χ1) is 8.56. The molecule has 0 saturated heterocycles. The van der Waals surface area contributed by atoms with Crippen LogP contribution in [-0.2, 0) is 0 Å². The van der Waals surface area contributed by atoms with E-state index < -0.39 is 11.0 Å². The van der Waals surface area contributed by atoms with Crippen LogP contribution in [-0.4, -0.2) is 45.9 Å². The highest BCUT2D eigenvalue weighted by molar-refractivity contribution is 5.54. The van der Waals surface area contributed by atoms with Crippen molar-refractivity contribution in [2.45, 2.75) is 13.0 Å². The van der Waals surface area contributed by atoms with Gasteiger partial charge in [-0.25, -0.2) is 4.98 Å². The summed E-state index contributed by atoms with van der Waals surface area (Å²) >= 11 is 0. The Bertz CT molecular complexity index is 413. The smallest absolute Gasteiger partial charge is 0.276 e. The van der Waals surface area contributed by atoms with Gasteiger partial charge < -0.3 is 20.8 Å². The first-order valence-electron chi connectivity index (χ1n) is 5.50. The maximum atomic E-state index is 10.7. The molecule has 1 heterocycles. The van der Waals surface area contributed by atoms with Gasteiger partial charge in [0.05, 0.1) is 29.8 Å². The van der Waals surface area contributed by atoms with Gasteiger partial charge in [-0.05, 0) is 6.92 Å². The molecule has 0 fully saturated rings. The molecule has 0 bridgehead atoms. The minimum atomic E-state index is -0.936. The Labute approximate surface area is 104 Å². The monoisotopic (exact) mass is 256 g/mol. The van der Waals surface area contributed by atoms with E-state index in [0.29, 0.717) is 12.4 Å². The number of nitrogens with one attached hydrogen (secondary N) is 2. The zero-order chi connectivity index (χ0) is 13.5. The number of pyridine rings is 1. The topological polar surface area (TPSA) is 121 Å². The van der Waals surface area contributed by atoms with Gasteiger partial charge in [-0.1, -0.05) is 0 Å². The van der Waals surface area contributed by atoms with Crippen LogP contribution in [0.25, 0.3) is 0 Å². The summed E-state index contributed by atoms with van der Waals surface area (Å²) in [5, 5.41) is 34.2. The molecule has 8 nitrogen and oxygen atoms in total. The molecule has 0 aliphatic rings. The molecule has 4 N–H and O–H groups in total. The molecule has 0 aromatic carbocycles. The van der Waals surface area contributed by atoms with E-state index in [1.165, 1.54) is 12.1 Å². The van der Waals surface area contributed by atoms with Gasteiger partial charge >= 0.3 is 0 Å². The second-order valence-electron chi connectivity index (χ2n) is 3.60. The Morgan fingerprint density at radius 1 is 1.44 bits per heavy atom. The fourth-order valence-corrected chi connectivity index (χ4v) is 1.27. The molecule has 1 aromatic rings. The van der Waals surface area contributed by atoms with Gasteiger partial charge in [-0.15, -0.1) is 0 Å². The number of nitro groups is 1. The Balaban J connectivity index is 2.85. The van der Waals surface area contributed by atoms with E-state index in [1.54, 1.807) is 0 Å². The van der Waals surface area contributed by atoms with Crippen LogP contribution in [0.4, 0.5) is 17.3 Å². The normalized spacial score (nSPS) is 11.9. The highest BCUT2D eigenvalue weighted by atomic mass is 16.6. The first-order valence-corrected chi connectivity index (χ1v) is 5.50. The third kappa shape index (κ3) is 4.15. The van der Waals surface area contributed by atoms with Crippen molar-refractivity contribution >= 4 is 17.3 Å². The number of hydrogen-bond donors (Lipinski definition) is 4. The van der Waals surface area contributed by atoms with Crippen LogP contribution in [0.3, 0.4) is 0 Å². The van der Waals surface area contributed by atoms with Crippen molar-refractivity contribution < 1.29 is 15.1 Å². The van der Waals surface area contributed by atoms with Crippen LogP contribution in [0.5, 0.6) is 0 Å². The van der Waals surface area contributed by atoms with Gasteiger partial charge in [-0.2, -0.15) is 0 Å². The average molecular weight is 256 g/mol. The van der Waals surface area contributed by atoms with Gasteiger partial charge in [0.1, 0.15) is 11.6 Å². The quantitative estimate of drug-likeness (QED) is 0.406. The minimum Gasteiger partial charge on any atom is -0.394 e. The van der Waals surface area contributed by atoms with Crippen LogP contribution in [0, 0.1) is 10.1 Å². The number of rotatable bonds is 7. The molecule has 100 valence electrons. The molecule has 0 aliphatic heterocycles. The maximum Gasteiger partial charge on any atom is 0.276 e. The average Bonchev–Trinajstić information content (AvgIpc) is 2.36. The van der Waals surface area contributed by atoms with Gasteiger partial charge in [0.15, 0.2) is 0 Å². The van der Waals surface area contributed by atoms with E-state index in [4.69, 9.17) is 5.11 Å². The summed E-state index contributed by atoms with van der Waals surface area (Å²) in [5.74, 6) is 0.653. The van der Waals surface area contributed by atoms with Crippen molar-refractivity contribution in [2.24, 2.45) is 0 Å². The van der Waals surface area contributed by atoms with E-state index >= 15 is 0 Å². The summed E-state index contributed by atoms with van der Waals surface area (Å²) in [6, 6.07) is 2.60. The Morgan fingerprint density at radius 2 is 2.06 bits per heavy atom. The number of hydrogen-bond acceptors (Lipinski definition) is 7. The third-order valence-corrected chi connectivity index (χ3v) is 2.11. The van der Waals surface area contributed by atoms with Crippen molar-refractivity contribution in [2.75, 3.05) is 30.3 Å². The molecule has 0 spiro atoms. The number of aliphatic hydroxyl groups excluding tert-OH is 2. The summed E-state index contributed by atoms with van der Waals surface area (Å²) in [4.78, 5) is 14.3. The molecular formula is C10H16N4O4. The molecule has 1 rings (SSSR count). The van der Waals surface area contributed by atoms with Gasteiger partial charge in [0.2, 0.25) is 0 Å². The van der Waals surface area contributed by atoms with Gasteiger partial charge in [0, 0.05) is 13.1 Å². The molecule has 0 radical (unpaired) electrons. The Morgan fingerprint density at radius 3 is 2.56 bits per heavy atom. The highest BCUT2D eigenvalue weighted by Gasteiger charge is 2.11. The maximum absolute atomic E-state index is 10.7. The zero-order valence-corrected chi connectivity index (χ0v) is 9.96. The predicted molar refractivity (Wildman–Crippen MR) is 66.6 cm³/mol. The van der Waals surface area contributed by atoms with Crippen LogP contribution in [0.1, 0.15) is 6.92 Å². The zero-order valence-electron chi connectivity index (χ0n) is 9.96. The SMILES string of the molecule is CCNc1cc([N+](=O)[O-])cc(NCC(O)CO)n1. The van der Waals surface area contributed by atoms with Crippen LogP contribution in [0.15, 0.2) is 12.1 Å². The second kappa shape index (κ2) is 6.72. The van der Waals surface area contributed by atoms with Crippen molar-refractivity contribution in [1.29, 1.82) is 0 Å². The minimum absolute atomic E-state index is 0.0657. The lowest BCUT2D eigenvalue weighted by Crippen LogP contribution is -2.23. The lowest BCUT2D eigenvalue weighted by atomic mass is 10.3. The van der Waals surface area contributed by atoms with Crippen molar-refractivity contribution in [3.8, 4) is 0 Å². The molecule has 1 unspecified atom stereocenters. The van der Waals surface area contributed by atoms with E-state index in [9.17, 15) is 15.2 Å². The Hall–Kier alpha value is -1.93. The number of nitrogens with zero attached hydrogens (tertiary/aromatic N) is 2. The fourth-order valence-electron chi connectivity index (χ4n) is 1.27. The molecular weight excluding hydrogens is 240 g/mol. The molecule has 1 aromatic heterocycles. The van der Waals surface area contributed by atoms with E-state index in [-0.39, 0.29) is 24.7 Å². The lowest BCUT2D eigenvalue weighted by molar-refractivity contribution is -0.384. The summed E-state index contributed by atoms with van der Waals surface area (Å²) < 4.78 is 0. The molecule has 1 atom stereocenters. The predicted octanol–water partition coefficient (Wildman–Crippen LogP) is 0.187. The largest absolute Gasteiger partial charge is 0.394 e. The molecule has 0 saturated carbocycles.